The standard InChI is InChI=1S/C23H28N4O6/c1-30-18-8-10-20(32-3)16(12-18)14-24-26-22(28)6-5-7-23(29)27-25-15-17-13-19(31-2)9-11-21(17)33-4/h8-15H,5-7H2,1-4H3,(H,26,28)(H,27,29)/b24-14+,25-15+. The lowest BCUT2D eigenvalue weighted by molar-refractivity contribution is -0.122. The van der Waals surface area contributed by atoms with Crippen LogP contribution < -0.4 is 29.8 Å². The minimum absolute atomic E-state index is 0.132. The molecule has 10 nitrogen and oxygen atoms in total. The monoisotopic (exact) mass is 456 g/mol. The van der Waals surface area contributed by atoms with Crippen LogP contribution in [-0.4, -0.2) is 52.7 Å². The van der Waals surface area contributed by atoms with E-state index in [1.54, 1.807) is 64.8 Å². The molecular weight excluding hydrogens is 428 g/mol. The highest BCUT2D eigenvalue weighted by atomic mass is 16.5. The molecule has 2 N–H and O–H groups in total. The van der Waals surface area contributed by atoms with Gasteiger partial charge in [-0.1, -0.05) is 0 Å². The normalized spacial score (nSPS) is 10.8. The average Bonchev–Trinajstić information content (AvgIpc) is 2.83. The molecule has 2 aromatic rings. The van der Waals surface area contributed by atoms with E-state index >= 15 is 0 Å². The van der Waals surface area contributed by atoms with Crippen LogP contribution in [0.15, 0.2) is 46.6 Å². The molecule has 10 heteroatoms. The van der Waals surface area contributed by atoms with E-state index in [9.17, 15) is 9.59 Å². The van der Waals surface area contributed by atoms with Gasteiger partial charge in [0.25, 0.3) is 0 Å². The Morgan fingerprint density at radius 3 is 1.52 bits per heavy atom. The first-order valence-corrected chi connectivity index (χ1v) is 10.1. The molecule has 0 heterocycles. The minimum atomic E-state index is -0.314. The molecule has 0 aliphatic heterocycles. The van der Waals surface area contributed by atoms with Crippen LogP contribution in [0.5, 0.6) is 23.0 Å². The van der Waals surface area contributed by atoms with Crippen molar-refractivity contribution in [2.24, 2.45) is 10.2 Å². The Bertz CT molecular complexity index is 927. The average molecular weight is 456 g/mol. The number of carbonyl (C=O) groups is 2. The molecule has 0 aromatic heterocycles. The van der Waals surface area contributed by atoms with Crippen molar-refractivity contribution < 1.29 is 28.5 Å². The molecule has 0 atom stereocenters. The van der Waals surface area contributed by atoms with Gasteiger partial charge in [0.15, 0.2) is 0 Å². The third-order valence-corrected chi connectivity index (χ3v) is 4.47. The van der Waals surface area contributed by atoms with Crippen LogP contribution in [0.1, 0.15) is 30.4 Å². The van der Waals surface area contributed by atoms with E-state index in [-0.39, 0.29) is 24.7 Å². The fourth-order valence-electron chi connectivity index (χ4n) is 2.75. The molecule has 0 saturated heterocycles. The second kappa shape index (κ2) is 13.4. The Morgan fingerprint density at radius 2 is 1.15 bits per heavy atom. The fraction of sp³-hybridized carbons (Fsp3) is 0.304. The van der Waals surface area contributed by atoms with Crippen molar-refractivity contribution >= 4 is 24.2 Å². The third-order valence-electron chi connectivity index (χ3n) is 4.47. The topological polar surface area (TPSA) is 120 Å². The van der Waals surface area contributed by atoms with Crippen LogP contribution in [0.3, 0.4) is 0 Å². The first kappa shape index (κ1) is 25.2. The molecule has 0 aliphatic carbocycles. The number of hydrazone groups is 2. The second-order valence-electron chi connectivity index (χ2n) is 6.66. The predicted octanol–water partition coefficient (Wildman–Crippen LogP) is 2.49. The van der Waals surface area contributed by atoms with E-state index in [4.69, 9.17) is 18.9 Å². The summed E-state index contributed by atoms with van der Waals surface area (Å²) in [5.41, 5.74) is 6.17. The van der Waals surface area contributed by atoms with Gasteiger partial charge in [0, 0.05) is 24.0 Å². The van der Waals surface area contributed by atoms with Crippen molar-refractivity contribution in [3.63, 3.8) is 0 Å². The number of nitrogens with zero attached hydrogens (tertiary/aromatic N) is 2. The van der Waals surface area contributed by atoms with Gasteiger partial charge in [-0.3, -0.25) is 9.59 Å². The van der Waals surface area contributed by atoms with Gasteiger partial charge in [0.1, 0.15) is 23.0 Å². The van der Waals surface area contributed by atoms with Gasteiger partial charge in [0.05, 0.1) is 40.9 Å². The zero-order chi connectivity index (χ0) is 24.1. The van der Waals surface area contributed by atoms with Crippen molar-refractivity contribution in [1.29, 1.82) is 0 Å². The molecule has 2 amide bonds. The fourth-order valence-corrected chi connectivity index (χ4v) is 2.75. The molecule has 0 saturated carbocycles. The van der Waals surface area contributed by atoms with Crippen molar-refractivity contribution in [3.8, 4) is 23.0 Å². The lowest BCUT2D eigenvalue weighted by Gasteiger charge is -2.07. The van der Waals surface area contributed by atoms with Crippen LogP contribution in [0.25, 0.3) is 0 Å². The summed E-state index contributed by atoms with van der Waals surface area (Å²) in [6.07, 6.45) is 3.54. The highest BCUT2D eigenvalue weighted by Crippen LogP contribution is 2.23. The Morgan fingerprint density at radius 1 is 0.727 bits per heavy atom. The second-order valence-corrected chi connectivity index (χ2v) is 6.66. The number of methoxy groups -OCH3 is 4. The Balaban J connectivity index is 1.76. The quantitative estimate of drug-likeness (QED) is 0.374. The smallest absolute Gasteiger partial charge is 0.240 e. The van der Waals surface area contributed by atoms with Crippen molar-refractivity contribution in [2.45, 2.75) is 19.3 Å². The molecule has 176 valence electrons. The van der Waals surface area contributed by atoms with Gasteiger partial charge in [0.2, 0.25) is 11.8 Å². The van der Waals surface area contributed by atoms with Crippen LogP contribution in [0.4, 0.5) is 0 Å². The van der Waals surface area contributed by atoms with Crippen LogP contribution in [0.2, 0.25) is 0 Å². The van der Waals surface area contributed by atoms with E-state index in [1.807, 2.05) is 0 Å². The highest BCUT2D eigenvalue weighted by molar-refractivity contribution is 5.87. The summed E-state index contributed by atoms with van der Waals surface area (Å²) in [5.74, 6) is 1.84. The summed E-state index contributed by atoms with van der Waals surface area (Å²) in [6.45, 7) is 0. The molecular formula is C23H28N4O6. The number of carbonyl (C=O) groups excluding carboxylic acids is 2. The first-order valence-electron chi connectivity index (χ1n) is 10.1. The van der Waals surface area contributed by atoms with Gasteiger partial charge in [-0.25, -0.2) is 10.9 Å². The molecule has 0 radical (unpaired) electrons. The lowest BCUT2D eigenvalue weighted by Crippen LogP contribution is -2.20. The molecule has 2 aromatic carbocycles. The van der Waals surface area contributed by atoms with Crippen LogP contribution in [0, 0.1) is 0 Å². The predicted molar refractivity (Wildman–Crippen MR) is 124 cm³/mol. The molecule has 0 aliphatic rings. The molecule has 2 rings (SSSR count). The maximum Gasteiger partial charge on any atom is 0.240 e. The Labute approximate surface area is 192 Å². The number of rotatable bonds is 12. The molecule has 0 bridgehead atoms. The number of ether oxygens (including phenoxy) is 4. The van der Waals surface area contributed by atoms with Gasteiger partial charge in [-0.2, -0.15) is 10.2 Å². The summed E-state index contributed by atoms with van der Waals surface area (Å²) in [5, 5.41) is 7.86. The lowest BCUT2D eigenvalue weighted by atomic mass is 10.2. The number of hydrogen-bond acceptors (Lipinski definition) is 8. The van der Waals surface area contributed by atoms with Gasteiger partial charge < -0.3 is 18.9 Å². The van der Waals surface area contributed by atoms with E-state index in [1.165, 1.54) is 12.4 Å². The number of nitrogens with one attached hydrogen (secondary N) is 2. The zero-order valence-corrected chi connectivity index (χ0v) is 19.1. The van der Waals surface area contributed by atoms with E-state index in [2.05, 4.69) is 21.1 Å². The molecule has 0 fully saturated rings. The largest absolute Gasteiger partial charge is 0.497 e. The van der Waals surface area contributed by atoms with E-state index in [0.717, 1.165) is 0 Å². The van der Waals surface area contributed by atoms with Crippen LogP contribution in [-0.2, 0) is 9.59 Å². The minimum Gasteiger partial charge on any atom is -0.497 e. The number of hydrogen-bond donors (Lipinski definition) is 2. The highest BCUT2D eigenvalue weighted by Gasteiger charge is 2.06. The molecule has 0 spiro atoms. The van der Waals surface area contributed by atoms with Gasteiger partial charge in [-0.15, -0.1) is 0 Å². The molecule has 0 unspecified atom stereocenters. The maximum atomic E-state index is 12.0. The number of benzene rings is 2. The number of amides is 2. The molecule has 33 heavy (non-hydrogen) atoms. The zero-order valence-electron chi connectivity index (χ0n) is 19.1. The van der Waals surface area contributed by atoms with Crippen molar-refractivity contribution in [3.05, 3.63) is 47.5 Å². The summed E-state index contributed by atoms with van der Waals surface area (Å²) in [7, 11) is 6.20. The summed E-state index contributed by atoms with van der Waals surface area (Å²) in [6, 6.07) is 10.5. The van der Waals surface area contributed by atoms with Gasteiger partial charge >= 0.3 is 0 Å². The summed E-state index contributed by atoms with van der Waals surface area (Å²) in [4.78, 5) is 23.9. The van der Waals surface area contributed by atoms with E-state index in [0.29, 0.717) is 40.5 Å². The van der Waals surface area contributed by atoms with Crippen LogP contribution >= 0.6 is 0 Å². The summed E-state index contributed by atoms with van der Waals surface area (Å²) < 4.78 is 20.8. The van der Waals surface area contributed by atoms with E-state index < -0.39 is 0 Å². The first-order chi connectivity index (χ1) is 16.0. The van der Waals surface area contributed by atoms with Crippen molar-refractivity contribution in [1.82, 2.24) is 10.9 Å². The summed E-state index contributed by atoms with van der Waals surface area (Å²) >= 11 is 0. The maximum absolute atomic E-state index is 12.0. The third kappa shape index (κ3) is 8.17. The Kier molecular flexibility index (Phi) is 10.2. The Hall–Kier alpha value is -4.08. The van der Waals surface area contributed by atoms with Gasteiger partial charge in [-0.05, 0) is 42.8 Å². The SMILES string of the molecule is COc1ccc(OC)c(/C=N/NC(=O)CCCC(=O)N/N=C/c2cc(OC)ccc2OC)c1. The van der Waals surface area contributed by atoms with Crippen molar-refractivity contribution in [2.75, 3.05) is 28.4 Å².